The quantitative estimate of drug-likeness (QED) is 0.763. The third kappa shape index (κ3) is 3.76. The normalized spacial score (nSPS) is 16.4. The Labute approximate surface area is 117 Å². The summed E-state index contributed by atoms with van der Waals surface area (Å²) < 4.78 is 0. The van der Waals surface area contributed by atoms with E-state index in [1.165, 1.54) is 42.9 Å². The van der Waals surface area contributed by atoms with Crippen LogP contribution < -0.4 is 10.2 Å². The summed E-state index contributed by atoms with van der Waals surface area (Å²) in [5.41, 5.74) is 3.98. The number of benzene rings is 1. The van der Waals surface area contributed by atoms with Crippen LogP contribution in [0.5, 0.6) is 0 Å². The maximum atomic E-state index is 3.78. The lowest BCUT2D eigenvalue weighted by atomic mass is 10.1. The van der Waals surface area contributed by atoms with Gasteiger partial charge < -0.3 is 10.2 Å². The van der Waals surface area contributed by atoms with Crippen molar-refractivity contribution in [3.8, 4) is 0 Å². The van der Waals surface area contributed by atoms with Gasteiger partial charge in [-0.25, -0.2) is 0 Å². The number of hydrogen-bond acceptors (Lipinski definition) is 2. The molecule has 1 saturated heterocycles. The van der Waals surface area contributed by atoms with Crippen LogP contribution in [0.2, 0.25) is 0 Å². The van der Waals surface area contributed by atoms with Gasteiger partial charge >= 0.3 is 0 Å². The number of anilines is 2. The largest absolute Gasteiger partial charge is 0.382 e. The molecule has 0 aromatic heterocycles. The Morgan fingerprint density at radius 3 is 2.74 bits per heavy atom. The number of hydrogen-bond donors (Lipinski definition) is 1. The summed E-state index contributed by atoms with van der Waals surface area (Å²) in [4.78, 5) is 2.48. The fraction of sp³-hybridized carbons (Fsp3) is 0.529. The van der Waals surface area contributed by atoms with Crippen LogP contribution in [-0.4, -0.2) is 19.1 Å². The van der Waals surface area contributed by atoms with Gasteiger partial charge in [-0.2, -0.15) is 0 Å². The first kappa shape index (κ1) is 14.0. The molecular weight excluding hydrogens is 232 g/mol. The SMILES string of the molecule is C=CCCC(C)Nc1ccc(N2CCCC2)cc1C. The van der Waals surface area contributed by atoms with Gasteiger partial charge in [0, 0.05) is 30.5 Å². The Morgan fingerprint density at radius 2 is 2.11 bits per heavy atom. The summed E-state index contributed by atoms with van der Waals surface area (Å²) in [5, 5.41) is 3.60. The van der Waals surface area contributed by atoms with Crippen molar-refractivity contribution < 1.29 is 0 Å². The zero-order valence-electron chi connectivity index (χ0n) is 12.3. The molecule has 1 aliphatic heterocycles. The molecule has 1 heterocycles. The van der Waals surface area contributed by atoms with Gasteiger partial charge in [0.15, 0.2) is 0 Å². The molecule has 19 heavy (non-hydrogen) atoms. The van der Waals surface area contributed by atoms with E-state index in [-0.39, 0.29) is 0 Å². The predicted octanol–water partition coefficient (Wildman–Crippen LogP) is 4.36. The molecule has 0 bridgehead atoms. The fourth-order valence-electron chi connectivity index (χ4n) is 2.69. The Kier molecular flexibility index (Phi) is 4.89. The summed E-state index contributed by atoms with van der Waals surface area (Å²) in [6, 6.07) is 7.29. The van der Waals surface area contributed by atoms with E-state index in [0.29, 0.717) is 6.04 Å². The van der Waals surface area contributed by atoms with Crippen molar-refractivity contribution >= 4 is 11.4 Å². The standard InChI is InChI=1S/C17H26N2/c1-4-5-8-15(3)18-17-10-9-16(13-14(17)2)19-11-6-7-12-19/h4,9-10,13,15,18H,1,5-8,11-12H2,2-3H3. The molecule has 1 aromatic rings. The topological polar surface area (TPSA) is 15.3 Å². The first-order valence-electron chi connectivity index (χ1n) is 7.43. The van der Waals surface area contributed by atoms with Crippen LogP contribution in [0.4, 0.5) is 11.4 Å². The van der Waals surface area contributed by atoms with Crippen LogP contribution in [0.3, 0.4) is 0 Å². The summed E-state index contributed by atoms with van der Waals surface area (Å²) >= 11 is 0. The second-order valence-electron chi connectivity index (χ2n) is 5.60. The molecule has 1 N–H and O–H groups in total. The number of nitrogens with one attached hydrogen (secondary N) is 1. The van der Waals surface area contributed by atoms with E-state index in [2.05, 4.69) is 48.8 Å². The lowest BCUT2D eigenvalue weighted by Gasteiger charge is -2.21. The summed E-state index contributed by atoms with van der Waals surface area (Å²) in [5.74, 6) is 0. The Balaban J connectivity index is 2.00. The van der Waals surface area contributed by atoms with Crippen molar-refractivity contribution in [2.45, 2.75) is 45.6 Å². The van der Waals surface area contributed by atoms with E-state index >= 15 is 0 Å². The average molecular weight is 258 g/mol. The van der Waals surface area contributed by atoms with Crippen LogP contribution in [-0.2, 0) is 0 Å². The summed E-state index contributed by atoms with van der Waals surface area (Å²) in [6.07, 6.45) is 6.85. The third-order valence-electron chi connectivity index (χ3n) is 3.89. The van der Waals surface area contributed by atoms with Gasteiger partial charge in [-0.15, -0.1) is 6.58 Å². The molecule has 1 fully saturated rings. The minimum atomic E-state index is 0.495. The highest BCUT2D eigenvalue weighted by molar-refractivity contribution is 5.60. The highest BCUT2D eigenvalue weighted by atomic mass is 15.1. The molecule has 2 nitrogen and oxygen atoms in total. The third-order valence-corrected chi connectivity index (χ3v) is 3.89. The van der Waals surface area contributed by atoms with Crippen molar-refractivity contribution in [1.29, 1.82) is 0 Å². The molecule has 1 atom stereocenters. The van der Waals surface area contributed by atoms with Crippen LogP contribution in [0, 0.1) is 6.92 Å². The van der Waals surface area contributed by atoms with Gasteiger partial charge in [0.05, 0.1) is 0 Å². The first-order valence-corrected chi connectivity index (χ1v) is 7.43. The summed E-state index contributed by atoms with van der Waals surface area (Å²) in [6.45, 7) is 10.6. The minimum Gasteiger partial charge on any atom is -0.382 e. The molecule has 0 aliphatic carbocycles. The zero-order chi connectivity index (χ0) is 13.7. The van der Waals surface area contributed by atoms with Crippen LogP contribution in [0.25, 0.3) is 0 Å². The van der Waals surface area contributed by atoms with E-state index < -0.39 is 0 Å². The second-order valence-corrected chi connectivity index (χ2v) is 5.60. The van der Waals surface area contributed by atoms with Crippen LogP contribution in [0.1, 0.15) is 38.2 Å². The smallest absolute Gasteiger partial charge is 0.0373 e. The van der Waals surface area contributed by atoms with Crippen molar-refractivity contribution in [3.63, 3.8) is 0 Å². The number of aryl methyl sites for hydroxylation is 1. The van der Waals surface area contributed by atoms with Crippen LogP contribution in [0.15, 0.2) is 30.9 Å². The molecule has 1 unspecified atom stereocenters. The van der Waals surface area contributed by atoms with Crippen LogP contribution >= 0.6 is 0 Å². The average Bonchev–Trinajstić information content (AvgIpc) is 2.92. The molecule has 0 saturated carbocycles. The molecule has 1 aromatic carbocycles. The maximum absolute atomic E-state index is 3.78. The zero-order valence-corrected chi connectivity index (χ0v) is 12.3. The highest BCUT2D eigenvalue weighted by Crippen LogP contribution is 2.26. The minimum absolute atomic E-state index is 0.495. The van der Waals surface area contributed by atoms with Gasteiger partial charge in [0.25, 0.3) is 0 Å². The summed E-state index contributed by atoms with van der Waals surface area (Å²) in [7, 11) is 0. The number of allylic oxidation sites excluding steroid dienone is 1. The molecule has 0 radical (unpaired) electrons. The Hall–Kier alpha value is -1.44. The molecule has 2 heteroatoms. The van der Waals surface area contributed by atoms with Crippen molar-refractivity contribution in [3.05, 3.63) is 36.4 Å². The fourth-order valence-corrected chi connectivity index (χ4v) is 2.69. The van der Waals surface area contributed by atoms with Crippen molar-refractivity contribution in [1.82, 2.24) is 0 Å². The Morgan fingerprint density at radius 1 is 1.37 bits per heavy atom. The molecular formula is C17H26N2. The number of rotatable bonds is 6. The van der Waals surface area contributed by atoms with Gasteiger partial charge in [-0.3, -0.25) is 0 Å². The van der Waals surface area contributed by atoms with E-state index in [4.69, 9.17) is 0 Å². The second kappa shape index (κ2) is 6.65. The van der Waals surface area contributed by atoms with Gasteiger partial charge in [0.2, 0.25) is 0 Å². The van der Waals surface area contributed by atoms with Gasteiger partial charge in [-0.1, -0.05) is 6.08 Å². The Bertz CT molecular complexity index is 419. The molecule has 1 aliphatic rings. The van der Waals surface area contributed by atoms with E-state index in [1.807, 2.05) is 6.08 Å². The van der Waals surface area contributed by atoms with Gasteiger partial charge in [0.1, 0.15) is 0 Å². The highest BCUT2D eigenvalue weighted by Gasteiger charge is 2.13. The van der Waals surface area contributed by atoms with Crippen molar-refractivity contribution in [2.75, 3.05) is 23.3 Å². The lowest BCUT2D eigenvalue weighted by molar-refractivity contribution is 0.718. The first-order chi connectivity index (χ1) is 9.20. The molecule has 2 rings (SSSR count). The monoisotopic (exact) mass is 258 g/mol. The molecule has 104 valence electrons. The van der Waals surface area contributed by atoms with E-state index in [1.54, 1.807) is 0 Å². The van der Waals surface area contributed by atoms with E-state index in [9.17, 15) is 0 Å². The number of nitrogens with zero attached hydrogens (tertiary/aromatic N) is 1. The van der Waals surface area contributed by atoms with E-state index in [0.717, 1.165) is 12.8 Å². The maximum Gasteiger partial charge on any atom is 0.0373 e. The molecule has 0 spiro atoms. The van der Waals surface area contributed by atoms with Crippen molar-refractivity contribution in [2.24, 2.45) is 0 Å². The molecule has 0 amide bonds. The lowest BCUT2D eigenvalue weighted by Crippen LogP contribution is -2.18. The van der Waals surface area contributed by atoms with Gasteiger partial charge in [-0.05, 0) is 63.3 Å². The predicted molar refractivity (Wildman–Crippen MR) is 85.1 cm³/mol.